The molecule has 0 fully saturated rings. The van der Waals surface area contributed by atoms with Crippen LogP contribution in [0.1, 0.15) is 52.3 Å². The zero-order chi connectivity index (χ0) is 11.0. The lowest BCUT2D eigenvalue weighted by Crippen LogP contribution is -1.97. The van der Waals surface area contributed by atoms with Crippen LogP contribution in [0.2, 0.25) is 0 Å². The Labute approximate surface area is 94.5 Å². The summed E-state index contributed by atoms with van der Waals surface area (Å²) in [6.07, 6.45) is 5.50. The van der Waals surface area contributed by atoms with Gasteiger partial charge in [-0.3, -0.25) is 4.68 Å². The third-order valence-electron chi connectivity index (χ3n) is 2.09. The molecule has 1 aromatic heterocycles. The van der Waals surface area contributed by atoms with E-state index in [2.05, 4.69) is 36.7 Å². The second-order valence-corrected chi connectivity index (χ2v) is 3.07. The number of hydrogen-bond acceptors (Lipinski definition) is 2. The molecule has 0 aliphatic heterocycles. The summed E-state index contributed by atoms with van der Waals surface area (Å²) in [6.45, 7) is 11.6. The molecule has 0 amide bonds. The van der Waals surface area contributed by atoms with E-state index in [0.717, 1.165) is 25.8 Å². The molecule has 0 saturated heterocycles. The Balaban J connectivity index is 0. The molecular weight excluding hydrogens is 186 g/mol. The molecule has 0 saturated carbocycles. The Morgan fingerprint density at radius 1 is 1.13 bits per heavy atom. The number of nitrogens with zero attached hydrogens (tertiary/aromatic N) is 2. The maximum Gasteiger partial charge on any atom is 0.0653 e. The molecule has 0 radical (unpaired) electrons. The van der Waals surface area contributed by atoms with E-state index in [4.69, 9.17) is 0 Å². The zero-order valence-corrected chi connectivity index (χ0v) is 11.0. The van der Waals surface area contributed by atoms with Gasteiger partial charge in [0, 0.05) is 12.7 Å². The lowest BCUT2D eigenvalue weighted by atomic mass is 10.2. The number of aryl methyl sites for hydroxylation is 3. The van der Waals surface area contributed by atoms with E-state index in [9.17, 15) is 0 Å². The fourth-order valence-electron chi connectivity index (χ4n) is 1.44. The van der Waals surface area contributed by atoms with Gasteiger partial charge in [-0.1, -0.05) is 34.6 Å². The Kier molecular flexibility index (Phi) is 10.7. The number of rotatable bonds is 4. The minimum Gasteiger partial charge on any atom is -0.344 e. The largest absolute Gasteiger partial charge is 0.344 e. The summed E-state index contributed by atoms with van der Waals surface area (Å²) in [5.41, 5.74) is 2.68. The van der Waals surface area contributed by atoms with Crippen molar-refractivity contribution < 1.29 is 0 Å². The highest BCUT2D eigenvalue weighted by Crippen LogP contribution is 2.08. The van der Waals surface area contributed by atoms with Gasteiger partial charge in [0.25, 0.3) is 0 Å². The van der Waals surface area contributed by atoms with Crippen molar-refractivity contribution in [2.45, 2.75) is 60.4 Å². The van der Waals surface area contributed by atoms with Crippen LogP contribution in [0.5, 0.6) is 0 Å². The van der Waals surface area contributed by atoms with Gasteiger partial charge in [0.15, 0.2) is 0 Å². The average molecular weight is 213 g/mol. The van der Waals surface area contributed by atoms with Crippen molar-refractivity contribution in [2.75, 3.05) is 0 Å². The molecule has 3 N–H and O–H groups in total. The molecule has 0 bridgehead atoms. The predicted octanol–water partition coefficient (Wildman–Crippen LogP) is 3.61. The first-order valence-corrected chi connectivity index (χ1v) is 5.87. The third-order valence-corrected chi connectivity index (χ3v) is 2.09. The lowest BCUT2D eigenvalue weighted by Gasteiger charge is -1.94. The van der Waals surface area contributed by atoms with Crippen molar-refractivity contribution in [3.63, 3.8) is 0 Å². The molecule has 1 heterocycles. The van der Waals surface area contributed by atoms with Gasteiger partial charge >= 0.3 is 0 Å². The van der Waals surface area contributed by atoms with E-state index >= 15 is 0 Å². The molecule has 0 unspecified atom stereocenters. The van der Waals surface area contributed by atoms with Crippen LogP contribution in [-0.2, 0) is 19.4 Å². The van der Waals surface area contributed by atoms with E-state index in [1.807, 2.05) is 13.8 Å². The Bertz CT molecular complexity index is 220. The molecule has 0 atom stereocenters. The Morgan fingerprint density at radius 2 is 1.73 bits per heavy atom. The minimum atomic E-state index is 0. The second-order valence-electron chi connectivity index (χ2n) is 3.07. The highest BCUT2D eigenvalue weighted by atomic mass is 15.3. The first-order valence-electron chi connectivity index (χ1n) is 5.87. The Morgan fingerprint density at radius 3 is 2.07 bits per heavy atom. The van der Waals surface area contributed by atoms with Crippen LogP contribution in [-0.4, -0.2) is 9.78 Å². The standard InChI is InChI=1S/C10H18N2.C2H6.H3N/c1-4-7-12-8-9(5-2)10(6-3)11-12;1-2;/h8H,4-7H2,1-3H3;1-2H3;1H3. The lowest BCUT2D eigenvalue weighted by molar-refractivity contribution is 0.595. The topological polar surface area (TPSA) is 52.8 Å². The molecule has 3 heteroatoms. The summed E-state index contributed by atoms with van der Waals surface area (Å²) < 4.78 is 2.07. The van der Waals surface area contributed by atoms with Gasteiger partial charge in [0.1, 0.15) is 0 Å². The van der Waals surface area contributed by atoms with Crippen LogP contribution in [0.15, 0.2) is 6.20 Å². The molecule has 1 aromatic rings. The molecule has 0 spiro atoms. The van der Waals surface area contributed by atoms with Gasteiger partial charge in [0.2, 0.25) is 0 Å². The third kappa shape index (κ3) is 4.98. The fourth-order valence-corrected chi connectivity index (χ4v) is 1.44. The quantitative estimate of drug-likeness (QED) is 0.830. The summed E-state index contributed by atoms with van der Waals surface area (Å²) >= 11 is 0. The van der Waals surface area contributed by atoms with E-state index in [1.54, 1.807) is 0 Å². The van der Waals surface area contributed by atoms with E-state index < -0.39 is 0 Å². The monoisotopic (exact) mass is 213 g/mol. The summed E-state index contributed by atoms with van der Waals surface area (Å²) in [5.74, 6) is 0. The Hall–Kier alpha value is -0.830. The zero-order valence-electron chi connectivity index (χ0n) is 11.0. The fraction of sp³-hybridized carbons (Fsp3) is 0.750. The van der Waals surface area contributed by atoms with Gasteiger partial charge in [0.05, 0.1) is 5.69 Å². The molecule has 15 heavy (non-hydrogen) atoms. The molecule has 90 valence electrons. The first-order chi connectivity index (χ1) is 6.81. The summed E-state index contributed by atoms with van der Waals surface area (Å²) in [6, 6.07) is 0. The minimum absolute atomic E-state index is 0. The van der Waals surface area contributed by atoms with Crippen molar-refractivity contribution >= 4 is 0 Å². The van der Waals surface area contributed by atoms with Crippen LogP contribution in [0, 0.1) is 0 Å². The van der Waals surface area contributed by atoms with Crippen molar-refractivity contribution in [2.24, 2.45) is 0 Å². The molecule has 0 aliphatic rings. The number of aromatic nitrogens is 2. The molecule has 0 aliphatic carbocycles. The first kappa shape index (κ1) is 16.6. The van der Waals surface area contributed by atoms with Crippen molar-refractivity contribution in [3.8, 4) is 0 Å². The summed E-state index contributed by atoms with van der Waals surface area (Å²) in [5, 5.41) is 4.51. The van der Waals surface area contributed by atoms with Gasteiger partial charge in [-0.2, -0.15) is 5.10 Å². The normalized spacial score (nSPS) is 8.87. The van der Waals surface area contributed by atoms with Gasteiger partial charge < -0.3 is 6.15 Å². The smallest absolute Gasteiger partial charge is 0.0653 e. The van der Waals surface area contributed by atoms with Crippen LogP contribution in [0.3, 0.4) is 0 Å². The molecule has 0 aromatic carbocycles. The highest BCUT2D eigenvalue weighted by Gasteiger charge is 2.03. The van der Waals surface area contributed by atoms with Crippen LogP contribution >= 0.6 is 0 Å². The van der Waals surface area contributed by atoms with Crippen molar-refractivity contribution in [3.05, 3.63) is 17.5 Å². The second kappa shape index (κ2) is 9.71. The SMILES string of the molecule is CC.CCCn1cc(CC)c(CC)n1.N. The van der Waals surface area contributed by atoms with E-state index in [0.29, 0.717) is 0 Å². The van der Waals surface area contributed by atoms with Crippen LogP contribution in [0.25, 0.3) is 0 Å². The van der Waals surface area contributed by atoms with Crippen molar-refractivity contribution in [1.29, 1.82) is 0 Å². The molecular formula is C12H27N3. The van der Waals surface area contributed by atoms with E-state index in [-0.39, 0.29) is 6.15 Å². The highest BCUT2D eigenvalue weighted by molar-refractivity contribution is 5.16. The summed E-state index contributed by atoms with van der Waals surface area (Å²) in [4.78, 5) is 0. The molecule has 3 nitrogen and oxygen atoms in total. The van der Waals surface area contributed by atoms with Gasteiger partial charge in [-0.25, -0.2) is 0 Å². The summed E-state index contributed by atoms with van der Waals surface area (Å²) in [7, 11) is 0. The maximum absolute atomic E-state index is 4.51. The average Bonchev–Trinajstić information content (AvgIpc) is 2.64. The van der Waals surface area contributed by atoms with Gasteiger partial charge in [-0.05, 0) is 24.8 Å². The number of hydrogen-bond donors (Lipinski definition) is 1. The maximum atomic E-state index is 4.51. The molecule has 1 rings (SSSR count). The van der Waals surface area contributed by atoms with Crippen LogP contribution < -0.4 is 6.15 Å². The van der Waals surface area contributed by atoms with Crippen LogP contribution in [0.4, 0.5) is 0 Å². The van der Waals surface area contributed by atoms with E-state index in [1.165, 1.54) is 11.3 Å². The van der Waals surface area contributed by atoms with Gasteiger partial charge in [-0.15, -0.1) is 0 Å². The van der Waals surface area contributed by atoms with Crippen molar-refractivity contribution in [1.82, 2.24) is 15.9 Å². The predicted molar refractivity (Wildman–Crippen MR) is 67.6 cm³/mol.